The zero-order valence-corrected chi connectivity index (χ0v) is 15.1. The van der Waals surface area contributed by atoms with Crippen LogP contribution in [0.2, 0.25) is 0 Å². The number of halogens is 1. The van der Waals surface area contributed by atoms with Crippen LogP contribution in [0, 0.1) is 0 Å². The van der Waals surface area contributed by atoms with Gasteiger partial charge in [-0.2, -0.15) is 0 Å². The molecule has 2 aliphatic rings. The maximum absolute atomic E-state index is 12.9. The number of benzene rings is 1. The fourth-order valence-electron chi connectivity index (χ4n) is 3.37. The van der Waals surface area contributed by atoms with Crippen molar-refractivity contribution < 1.29 is 9.53 Å². The Hall–Kier alpha value is -2.61. The summed E-state index contributed by atoms with van der Waals surface area (Å²) in [6.45, 7) is 0.101. The van der Waals surface area contributed by atoms with E-state index in [0.29, 0.717) is 22.7 Å². The van der Waals surface area contributed by atoms with Crippen molar-refractivity contribution in [1.82, 2.24) is 9.13 Å². The highest BCUT2D eigenvalue weighted by atomic mass is 79.9. The predicted molar refractivity (Wildman–Crippen MR) is 94.5 cm³/mol. The van der Waals surface area contributed by atoms with E-state index in [0.717, 1.165) is 14.6 Å². The van der Waals surface area contributed by atoms with Crippen LogP contribution in [-0.2, 0) is 23.6 Å². The van der Waals surface area contributed by atoms with Gasteiger partial charge in [-0.05, 0) is 17.7 Å². The van der Waals surface area contributed by atoms with E-state index in [4.69, 9.17) is 4.74 Å². The maximum Gasteiger partial charge on any atom is 0.337 e. The highest BCUT2D eigenvalue weighted by Gasteiger charge is 2.41. The smallest absolute Gasteiger partial charge is 0.337 e. The molecule has 128 valence electrons. The van der Waals surface area contributed by atoms with Gasteiger partial charge in [0.1, 0.15) is 12.4 Å². The normalized spacial score (nSPS) is 18.5. The number of anilines is 1. The minimum Gasteiger partial charge on any atom is -0.456 e. The third-order valence-corrected chi connectivity index (χ3v) is 5.17. The lowest BCUT2D eigenvalue weighted by atomic mass is 9.83. The third-order valence-electron chi connectivity index (χ3n) is 4.64. The van der Waals surface area contributed by atoms with E-state index >= 15 is 0 Å². The fraction of sp³-hybridized carbons (Fsp3) is 0.235. The summed E-state index contributed by atoms with van der Waals surface area (Å²) >= 11 is 3.39. The second-order valence-corrected chi connectivity index (χ2v) is 6.96. The van der Waals surface area contributed by atoms with Crippen molar-refractivity contribution in [2.24, 2.45) is 14.1 Å². The number of carbonyl (C=O) groups excluding carboxylic acids is 1. The first-order valence-electron chi connectivity index (χ1n) is 7.62. The molecule has 1 atom stereocenters. The van der Waals surface area contributed by atoms with E-state index in [9.17, 15) is 14.4 Å². The van der Waals surface area contributed by atoms with Gasteiger partial charge in [-0.15, -0.1) is 0 Å². The number of fused-ring (bicyclic) bond motifs is 1. The van der Waals surface area contributed by atoms with Crippen molar-refractivity contribution in [1.29, 1.82) is 0 Å². The summed E-state index contributed by atoms with van der Waals surface area (Å²) in [4.78, 5) is 37.4. The van der Waals surface area contributed by atoms with Gasteiger partial charge >= 0.3 is 11.7 Å². The van der Waals surface area contributed by atoms with Crippen molar-refractivity contribution in [3.05, 3.63) is 72.0 Å². The number of nitrogens with zero attached hydrogens (tertiary/aromatic N) is 2. The van der Waals surface area contributed by atoms with Crippen molar-refractivity contribution in [2.45, 2.75) is 5.92 Å². The number of ether oxygens (including phenoxy) is 1. The number of nitrogens with one attached hydrogen (secondary N) is 1. The van der Waals surface area contributed by atoms with E-state index in [1.165, 1.54) is 11.6 Å². The van der Waals surface area contributed by atoms with Gasteiger partial charge in [-0.3, -0.25) is 13.9 Å². The number of hydrogen-bond acceptors (Lipinski definition) is 5. The molecule has 0 aliphatic carbocycles. The summed E-state index contributed by atoms with van der Waals surface area (Å²) in [5, 5.41) is 3.05. The third kappa shape index (κ3) is 2.21. The van der Waals surface area contributed by atoms with Crippen LogP contribution in [0.5, 0.6) is 0 Å². The molecule has 2 aliphatic heterocycles. The second kappa shape index (κ2) is 5.45. The molecular formula is C17H14BrN3O4. The van der Waals surface area contributed by atoms with Gasteiger partial charge in [0.2, 0.25) is 0 Å². The Morgan fingerprint density at radius 2 is 1.80 bits per heavy atom. The van der Waals surface area contributed by atoms with E-state index < -0.39 is 23.1 Å². The first-order valence-corrected chi connectivity index (χ1v) is 8.42. The Balaban J connectivity index is 2.08. The van der Waals surface area contributed by atoms with Gasteiger partial charge in [0.05, 0.1) is 22.8 Å². The quantitative estimate of drug-likeness (QED) is 0.723. The summed E-state index contributed by atoms with van der Waals surface area (Å²) in [6.07, 6.45) is 0. The van der Waals surface area contributed by atoms with Gasteiger partial charge < -0.3 is 10.1 Å². The minimum atomic E-state index is -0.583. The minimum absolute atomic E-state index is 0.101. The fourth-order valence-corrected chi connectivity index (χ4v) is 3.63. The van der Waals surface area contributed by atoms with E-state index in [2.05, 4.69) is 21.2 Å². The summed E-state index contributed by atoms with van der Waals surface area (Å²) in [6, 6.07) is 7.41. The molecule has 4 rings (SSSR count). The SMILES string of the molecule is Cn1c2c(c(=O)n(C)c1=O)[C@H](c1ccc(Br)cc1)C1=C(COC1=O)N2. The molecule has 25 heavy (non-hydrogen) atoms. The van der Waals surface area contributed by atoms with Gasteiger partial charge in [0.25, 0.3) is 5.56 Å². The largest absolute Gasteiger partial charge is 0.456 e. The number of carbonyl (C=O) groups is 1. The molecule has 0 unspecified atom stereocenters. The van der Waals surface area contributed by atoms with Crippen molar-refractivity contribution in [3.8, 4) is 0 Å². The average molecular weight is 404 g/mol. The Kier molecular flexibility index (Phi) is 3.47. The summed E-state index contributed by atoms with van der Waals surface area (Å²) in [5.41, 5.74) is 1.31. The number of hydrogen-bond donors (Lipinski definition) is 1. The molecule has 0 amide bonds. The molecule has 0 saturated heterocycles. The highest BCUT2D eigenvalue weighted by Crippen LogP contribution is 2.42. The molecule has 0 fully saturated rings. The van der Waals surface area contributed by atoms with Crippen LogP contribution in [0.3, 0.4) is 0 Å². The predicted octanol–water partition coefficient (Wildman–Crippen LogP) is 1.21. The van der Waals surface area contributed by atoms with Gasteiger partial charge in [-0.25, -0.2) is 9.59 Å². The lowest BCUT2D eigenvalue weighted by Gasteiger charge is -2.28. The molecule has 8 heteroatoms. The molecule has 1 aromatic carbocycles. The number of aromatic nitrogens is 2. The average Bonchev–Trinajstić information content (AvgIpc) is 2.98. The topological polar surface area (TPSA) is 82.3 Å². The lowest BCUT2D eigenvalue weighted by molar-refractivity contribution is -0.136. The standard InChI is InChI=1S/C17H14BrN3O4/c1-20-14-13(15(22)21(2)17(20)24)11(8-3-5-9(18)6-4-8)12-10(19-14)7-25-16(12)23/h3-6,11,19H,7H2,1-2H3/t11-/m1/s1. The molecule has 0 bridgehead atoms. The van der Waals surface area contributed by atoms with Crippen LogP contribution in [0.4, 0.5) is 5.82 Å². The van der Waals surface area contributed by atoms with Crippen molar-refractivity contribution in [3.63, 3.8) is 0 Å². The maximum atomic E-state index is 12.9. The molecule has 1 aromatic heterocycles. The van der Waals surface area contributed by atoms with Gasteiger partial charge in [0, 0.05) is 18.6 Å². The van der Waals surface area contributed by atoms with Crippen molar-refractivity contribution in [2.75, 3.05) is 11.9 Å². The molecule has 0 radical (unpaired) electrons. The molecule has 1 N–H and O–H groups in total. The summed E-state index contributed by atoms with van der Waals surface area (Å²) in [7, 11) is 3.02. The van der Waals surface area contributed by atoms with Gasteiger partial charge in [0.15, 0.2) is 0 Å². The van der Waals surface area contributed by atoms with Crippen LogP contribution >= 0.6 is 15.9 Å². The molecular weight excluding hydrogens is 390 g/mol. The number of cyclic esters (lactones) is 1. The second-order valence-electron chi connectivity index (χ2n) is 6.05. The molecule has 0 spiro atoms. The summed E-state index contributed by atoms with van der Waals surface area (Å²) < 4.78 is 8.49. The Labute approximate surface area is 150 Å². The lowest BCUT2D eigenvalue weighted by Crippen LogP contribution is -2.43. The molecule has 0 saturated carbocycles. The highest BCUT2D eigenvalue weighted by molar-refractivity contribution is 9.10. The zero-order valence-electron chi connectivity index (χ0n) is 13.5. The van der Waals surface area contributed by atoms with Crippen LogP contribution in [0.15, 0.2) is 49.6 Å². The number of rotatable bonds is 1. The van der Waals surface area contributed by atoms with Crippen LogP contribution in [0.25, 0.3) is 0 Å². The molecule has 7 nitrogen and oxygen atoms in total. The van der Waals surface area contributed by atoms with Crippen LogP contribution in [-0.4, -0.2) is 21.7 Å². The Morgan fingerprint density at radius 1 is 1.12 bits per heavy atom. The zero-order chi connectivity index (χ0) is 17.9. The Bertz CT molecular complexity index is 1060. The van der Waals surface area contributed by atoms with Gasteiger partial charge in [-0.1, -0.05) is 28.1 Å². The van der Waals surface area contributed by atoms with E-state index in [1.54, 1.807) is 7.05 Å². The molecule has 2 aromatic rings. The monoisotopic (exact) mass is 403 g/mol. The first-order chi connectivity index (χ1) is 11.9. The molecule has 3 heterocycles. The Morgan fingerprint density at radius 3 is 2.48 bits per heavy atom. The van der Waals surface area contributed by atoms with E-state index in [1.807, 2.05) is 24.3 Å². The van der Waals surface area contributed by atoms with Crippen LogP contribution < -0.4 is 16.6 Å². The van der Waals surface area contributed by atoms with E-state index in [-0.39, 0.29) is 6.61 Å². The summed E-state index contributed by atoms with van der Waals surface area (Å²) in [5.74, 6) is -0.630. The van der Waals surface area contributed by atoms with Crippen molar-refractivity contribution >= 4 is 27.7 Å². The first kappa shape index (κ1) is 15.9. The van der Waals surface area contributed by atoms with Crippen LogP contribution in [0.1, 0.15) is 17.0 Å². The number of esters is 1.